The lowest BCUT2D eigenvalue weighted by atomic mass is 10.1. The van der Waals surface area contributed by atoms with Gasteiger partial charge in [0.15, 0.2) is 0 Å². The van der Waals surface area contributed by atoms with Crippen molar-refractivity contribution in [2.45, 2.75) is 97.3 Å². The molecule has 0 atom stereocenters. The summed E-state index contributed by atoms with van der Waals surface area (Å²) in [4.78, 5) is 11.8. The van der Waals surface area contributed by atoms with Crippen LogP contribution in [0.25, 0.3) is 0 Å². The van der Waals surface area contributed by atoms with Crippen LogP contribution in [0.5, 0.6) is 0 Å². The van der Waals surface area contributed by atoms with Crippen molar-refractivity contribution in [3.8, 4) is 0 Å². The van der Waals surface area contributed by atoms with Gasteiger partial charge in [0.05, 0.1) is 8.07 Å². The number of carbonyl (C=O) groups excluding carboxylic acids is 1. The lowest BCUT2D eigenvalue weighted by molar-refractivity contribution is -0.121. The quantitative estimate of drug-likeness (QED) is 0.412. The van der Waals surface area contributed by atoms with E-state index in [2.05, 4.69) is 60.7 Å². The first-order chi connectivity index (χ1) is 9.64. The molecule has 0 saturated carbocycles. The molecule has 0 aliphatic heterocycles. The zero-order valence-corrected chi connectivity index (χ0v) is 16.8. The average Bonchev–Trinajstić information content (AvgIpc) is 2.34. The molecule has 21 heavy (non-hydrogen) atoms. The number of amides is 1. The molecule has 0 heterocycles. The Balaban J connectivity index is 4.31. The Kier molecular flexibility index (Phi) is 9.51. The zero-order chi connectivity index (χ0) is 16.6. The van der Waals surface area contributed by atoms with Gasteiger partial charge in [0, 0.05) is 13.0 Å². The normalized spacial score (nSPS) is 12.8. The van der Waals surface area contributed by atoms with Crippen LogP contribution in [0.1, 0.15) is 74.7 Å². The molecule has 0 bridgehead atoms. The van der Waals surface area contributed by atoms with Gasteiger partial charge in [0.2, 0.25) is 5.91 Å². The Hall–Kier alpha value is -0.313. The minimum atomic E-state index is -1.29. The Morgan fingerprint density at radius 3 is 1.76 bits per heavy atom. The number of rotatable bonds is 10. The van der Waals surface area contributed by atoms with E-state index in [1.165, 1.54) is 6.04 Å². The van der Waals surface area contributed by atoms with Crippen molar-refractivity contribution >= 4 is 14.0 Å². The topological polar surface area (TPSA) is 29.1 Å². The van der Waals surface area contributed by atoms with E-state index in [1.807, 2.05) is 0 Å². The minimum Gasteiger partial charge on any atom is -0.356 e. The Bertz CT molecular complexity index is 276. The highest BCUT2D eigenvalue weighted by atomic mass is 28.3. The van der Waals surface area contributed by atoms with E-state index >= 15 is 0 Å². The summed E-state index contributed by atoms with van der Waals surface area (Å²) in [6, 6.07) is 1.34. The van der Waals surface area contributed by atoms with Crippen LogP contribution >= 0.6 is 0 Å². The first-order valence-electron chi connectivity index (χ1n) is 8.91. The summed E-state index contributed by atoms with van der Waals surface area (Å²) in [5.74, 6) is 0.841. The van der Waals surface area contributed by atoms with Gasteiger partial charge in [-0.2, -0.15) is 0 Å². The van der Waals surface area contributed by atoms with Gasteiger partial charge in [-0.3, -0.25) is 4.79 Å². The monoisotopic (exact) mass is 313 g/mol. The Morgan fingerprint density at radius 2 is 1.38 bits per heavy atom. The van der Waals surface area contributed by atoms with Crippen LogP contribution in [0.15, 0.2) is 0 Å². The van der Waals surface area contributed by atoms with Gasteiger partial charge >= 0.3 is 0 Å². The van der Waals surface area contributed by atoms with Crippen LogP contribution < -0.4 is 5.32 Å². The highest BCUT2D eigenvalue weighted by Gasteiger charge is 2.41. The maximum Gasteiger partial charge on any atom is 0.220 e. The zero-order valence-electron chi connectivity index (χ0n) is 15.8. The molecule has 0 saturated heterocycles. The third kappa shape index (κ3) is 6.54. The summed E-state index contributed by atoms with van der Waals surface area (Å²) in [6.07, 6.45) is 2.82. The van der Waals surface area contributed by atoms with Crippen LogP contribution in [0.2, 0.25) is 22.7 Å². The summed E-state index contributed by atoms with van der Waals surface area (Å²) >= 11 is 0. The van der Waals surface area contributed by atoms with Crippen molar-refractivity contribution < 1.29 is 4.79 Å². The van der Waals surface area contributed by atoms with E-state index in [0.29, 0.717) is 12.3 Å². The molecule has 0 aromatic rings. The molecular formula is C18H39NOSi. The van der Waals surface area contributed by atoms with Gasteiger partial charge in [-0.25, -0.2) is 0 Å². The van der Waals surface area contributed by atoms with Crippen molar-refractivity contribution in [2.24, 2.45) is 5.92 Å². The molecule has 126 valence electrons. The summed E-state index contributed by atoms with van der Waals surface area (Å²) in [7, 11) is -1.29. The molecular weight excluding hydrogens is 274 g/mol. The fourth-order valence-corrected chi connectivity index (χ4v) is 10.5. The van der Waals surface area contributed by atoms with E-state index in [0.717, 1.165) is 36.0 Å². The van der Waals surface area contributed by atoms with Gasteiger partial charge in [-0.15, -0.1) is 0 Å². The smallest absolute Gasteiger partial charge is 0.220 e. The third-order valence-electron chi connectivity index (χ3n) is 5.28. The van der Waals surface area contributed by atoms with Gasteiger partial charge in [0.1, 0.15) is 0 Å². The van der Waals surface area contributed by atoms with Gasteiger partial charge in [0.25, 0.3) is 0 Å². The van der Waals surface area contributed by atoms with Crippen LogP contribution in [-0.4, -0.2) is 20.5 Å². The molecule has 0 unspecified atom stereocenters. The predicted molar refractivity (Wildman–Crippen MR) is 97.6 cm³/mol. The van der Waals surface area contributed by atoms with Crippen LogP contribution in [-0.2, 0) is 4.79 Å². The third-order valence-corrected chi connectivity index (χ3v) is 13.0. The molecule has 0 aliphatic carbocycles. The highest BCUT2D eigenvalue weighted by molar-refractivity contribution is 6.83. The number of hydrogen-bond donors (Lipinski definition) is 1. The van der Waals surface area contributed by atoms with Gasteiger partial charge in [-0.05, 0) is 18.8 Å². The van der Waals surface area contributed by atoms with Crippen LogP contribution in [0, 0.1) is 5.92 Å². The number of nitrogens with one attached hydrogen (secondary N) is 1. The molecule has 0 radical (unpaired) electrons. The van der Waals surface area contributed by atoms with E-state index in [1.54, 1.807) is 0 Å². The fraction of sp³-hybridized carbons (Fsp3) is 0.944. The van der Waals surface area contributed by atoms with Crippen molar-refractivity contribution in [3.05, 3.63) is 0 Å². The molecule has 0 aliphatic rings. The van der Waals surface area contributed by atoms with Crippen molar-refractivity contribution in [1.82, 2.24) is 5.32 Å². The average molecular weight is 314 g/mol. The fourth-order valence-electron chi connectivity index (χ4n) is 4.00. The second-order valence-electron chi connectivity index (χ2n) is 7.96. The van der Waals surface area contributed by atoms with Crippen molar-refractivity contribution in [1.29, 1.82) is 0 Å². The summed E-state index contributed by atoms with van der Waals surface area (Å²) in [5.41, 5.74) is 2.44. The Morgan fingerprint density at radius 1 is 0.905 bits per heavy atom. The number of carbonyl (C=O) groups is 1. The molecule has 0 aromatic heterocycles. The number of hydrogen-bond acceptors (Lipinski definition) is 1. The molecule has 0 fully saturated rings. The van der Waals surface area contributed by atoms with E-state index in [4.69, 9.17) is 0 Å². The second kappa shape index (κ2) is 9.65. The van der Waals surface area contributed by atoms with E-state index < -0.39 is 8.07 Å². The molecule has 1 amide bonds. The van der Waals surface area contributed by atoms with Gasteiger partial charge < -0.3 is 5.32 Å². The summed E-state index contributed by atoms with van der Waals surface area (Å²) in [6.45, 7) is 19.7. The standard InChI is InChI=1S/C18H39NOSi/c1-14(2)10-11-18(20)19-12-9-13-21(15(3)4,16(5)6)17(7)8/h14-17H,9-13H2,1-8H3,(H,19,20). The van der Waals surface area contributed by atoms with E-state index in [9.17, 15) is 4.79 Å². The second-order valence-corrected chi connectivity index (χ2v) is 14.2. The first-order valence-corrected chi connectivity index (χ1v) is 11.3. The SMILES string of the molecule is CC(C)CCC(=O)NCCC[Si](C(C)C)(C(C)C)C(C)C. The van der Waals surface area contributed by atoms with Crippen molar-refractivity contribution in [3.63, 3.8) is 0 Å². The minimum absolute atomic E-state index is 0.231. The highest BCUT2D eigenvalue weighted by Crippen LogP contribution is 2.44. The molecule has 0 aromatic carbocycles. The van der Waals surface area contributed by atoms with Crippen LogP contribution in [0.4, 0.5) is 0 Å². The van der Waals surface area contributed by atoms with E-state index in [-0.39, 0.29) is 5.91 Å². The summed E-state index contributed by atoms with van der Waals surface area (Å²) < 4.78 is 0. The molecule has 3 heteroatoms. The maximum absolute atomic E-state index is 11.8. The summed E-state index contributed by atoms with van der Waals surface area (Å²) in [5, 5.41) is 3.11. The van der Waals surface area contributed by atoms with Crippen molar-refractivity contribution in [2.75, 3.05) is 6.54 Å². The molecule has 1 N–H and O–H groups in total. The Labute approximate surface area is 134 Å². The molecule has 0 spiro atoms. The lowest BCUT2D eigenvalue weighted by Gasteiger charge is -2.43. The predicted octanol–water partition coefficient (Wildman–Crippen LogP) is 5.61. The maximum atomic E-state index is 11.8. The molecule has 0 rings (SSSR count). The molecule has 2 nitrogen and oxygen atoms in total. The van der Waals surface area contributed by atoms with Gasteiger partial charge in [-0.1, -0.05) is 78.1 Å². The largest absolute Gasteiger partial charge is 0.356 e. The van der Waals surface area contributed by atoms with Crippen LogP contribution in [0.3, 0.4) is 0 Å². The lowest BCUT2D eigenvalue weighted by Crippen LogP contribution is -2.44. The first kappa shape index (κ1) is 20.7.